The van der Waals surface area contributed by atoms with Crippen LogP contribution in [-0.4, -0.2) is 6.84 Å². The predicted octanol–water partition coefficient (Wildman–Crippen LogP) is 2.49. The first-order valence-electron chi connectivity index (χ1n) is 4.60. The molecule has 0 aliphatic heterocycles. The lowest BCUT2D eigenvalue weighted by Gasteiger charge is -2.10. The summed E-state index contributed by atoms with van der Waals surface area (Å²) in [6, 6.07) is 0. The highest BCUT2D eigenvalue weighted by Crippen LogP contribution is 3.02. The van der Waals surface area contributed by atoms with Gasteiger partial charge in [0.2, 0.25) is 0 Å². The second-order valence-electron chi connectivity index (χ2n) is 5.20. The van der Waals surface area contributed by atoms with Gasteiger partial charge in [-0.2, -0.15) is 0 Å². The Morgan fingerprint density at radius 1 is 0.818 bits per heavy atom. The molecular weight excluding hydrogens is 362 g/mol. The maximum absolute atomic E-state index is 2.83. The van der Waals surface area contributed by atoms with E-state index in [0.717, 1.165) is 6.84 Å². The molecule has 0 nitrogen and oxygen atoms in total. The Bertz CT molecular complexity index is 247. The smallest absolute Gasteiger partial charge is 0.0441 e. The van der Waals surface area contributed by atoms with Crippen LogP contribution in [-0.2, 0) is 0 Å². The first kappa shape index (κ1) is 6.04. The zero-order chi connectivity index (χ0) is 7.17. The molecular formula is C9H8I2. The van der Waals surface area contributed by atoms with E-state index in [1.165, 1.54) is 35.5 Å². The lowest BCUT2D eigenvalue weighted by Crippen LogP contribution is -2.16. The summed E-state index contributed by atoms with van der Waals surface area (Å²) in [7, 11) is 0. The summed E-state index contributed by atoms with van der Waals surface area (Å²) in [6.45, 7) is 0. The zero-order valence-electron chi connectivity index (χ0n) is 5.93. The summed E-state index contributed by atoms with van der Waals surface area (Å²) >= 11 is 5.66. The topological polar surface area (TPSA) is 0 Å². The first-order valence-corrected chi connectivity index (χ1v) is 6.76. The van der Waals surface area contributed by atoms with Crippen molar-refractivity contribution in [2.45, 2.75) is 13.3 Å². The molecule has 0 amide bonds. The van der Waals surface area contributed by atoms with Crippen molar-refractivity contribution in [3.05, 3.63) is 0 Å². The highest BCUT2D eigenvalue weighted by atomic mass is 127. The summed E-state index contributed by atoms with van der Waals surface area (Å²) in [5, 5.41) is 0. The molecule has 6 saturated carbocycles. The minimum Gasteiger partial charge on any atom is -0.0767 e. The summed E-state index contributed by atoms with van der Waals surface area (Å²) in [5.74, 6) is 7.26. The minimum atomic E-state index is 0.842. The maximum atomic E-state index is 2.83. The van der Waals surface area contributed by atoms with Gasteiger partial charge in [0.15, 0.2) is 0 Å². The number of hydrogen-bond donors (Lipinski definition) is 0. The van der Waals surface area contributed by atoms with Crippen LogP contribution in [0.4, 0.5) is 0 Å². The zero-order valence-corrected chi connectivity index (χ0v) is 10.2. The largest absolute Gasteiger partial charge is 0.0767 e. The molecule has 0 N–H and O–H groups in total. The van der Waals surface area contributed by atoms with E-state index in [-0.39, 0.29) is 0 Å². The molecule has 0 aromatic rings. The third-order valence-corrected chi connectivity index (χ3v) is 11.2. The molecule has 6 aliphatic carbocycles. The molecule has 58 valence electrons. The van der Waals surface area contributed by atoms with Crippen molar-refractivity contribution < 1.29 is 0 Å². The Labute approximate surface area is 93.2 Å². The van der Waals surface area contributed by atoms with E-state index < -0.39 is 0 Å². The Balaban J connectivity index is 1.96. The van der Waals surface area contributed by atoms with Crippen LogP contribution < -0.4 is 0 Å². The molecule has 0 radical (unpaired) electrons. The lowest BCUT2D eigenvalue weighted by molar-refractivity contribution is 0.434. The van der Waals surface area contributed by atoms with Gasteiger partial charge in [0.05, 0.1) is 0 Å². The molecule has 0 heterocycles. The van der Waals surface area contributed by atoms with Crippen LogP contribution in [0.2, 0.25) is 0 Å². The molecule has 2 bridgehead atoms. The first-order chi connectivity index (χ1) is 5.22. The molecule has 6 rings (SSSR count). The second kappa shape index (κ2) is 1.19. The van der Waals surface area contributed by atoms with E-state index in [9.17, 15) is 0 Å². The minimum absolute atomic E-state index is 0.842. The van der Waals surface area contributed by atoms with Gasteiger partial charge in [-0.3, -0.25) is 0 Å². The quantitative estimate of drug-likeness (QED) is 0.454. The second-order valence-corrected chi connectivity index (χ2v) is 8.77. The van der Waals surface area contributed by atoms with Gasteiger partial charge in [-0.15, -0.1) is 0 Å². The number of alkyl halides is 2. The maximum Gasteiger partial charge on any atom is 0.0441 e. The van der Waals surface area contributed by atoms with Crippen molar-refractivity contribution in [3.8, 4) is 0 Å². The standard InChI is InChI=1S/C9H8I2/c10-8-4-2-1-3(6(4)8)7-5(2)9(7,8)11/h2-7H,1H2/t2?,3?,4-,5-,6-,7+,8?,9?/m0/s1. The molecule has 8 atom stereocenters. The van der Waals surface area contributed by atoms with Crippen LogP contribution in [0.3, 0.4) is 0 Å². The Kier molecular flexibility index (Phi) is 0.653. The Hall–Kier alpha value is 1.46. The molecule has 0 spiro atoms. The van der Waals surface area contributed by atoms with Crippen LogP contribution in [0.25, 0.3) is 0 Å². The van der Waals surface area contributed by atoms with Crippen LogP contribution >= 0.6 is 45.2 Å². The van der Waals surface area contributed by atoms with Gasteiger partial charge in [0.1, 0.15) is 0 Å². The molecule has 2 heteroatoms. The van der Waals surface area contributed by atoms with Crippen molar-refractivity contribution in [3.63, 3.8) is 0 Å². The molecule has 0 saturated heterocycles. The average molecular weight is 370 g/mol. The van der Waals surface area contributed by atoms with Crippen molar-refractivity contribution >= 4 is 45.2 Å². The monoisotopic (exact) mass is 370 g/mol. The van der Waals surface area contributed by atoms with Gasteiger partial charge >= 0.3 is 0 Å². The number of hydrogen-bond acceptors (Lipinski definition) is 0. The molecule has 6 fully saturated rings. The van der Waals surface area contributed by atoms with Crippen LogP contribution in [0, 0.1) is 35.5 Å². The highest BCUT2D eigenvalue weighted by Gasteiger charge is 3.03. The van der Waals surface area contributed by atoms with Gasteiger partial charge in [0.25, 0.3) is 0 Å². The van der Waals surface area contributed by atoms with E-state index in [0.29, 0.717) is 0 Å². The summed E-state index contributed by atoms with van der Waals surface area (Å²) in [4.78, 5) is 0. The molecule has 6 aliphatic rings. The molecule has 0 aromatic heterocycles. The van der Waals surface area contributed by atoms with Crippen LogP contribution in [0.1, 0.15) is 6.42 Å². The fourth-order valence-corrected chi connectivity index (χ4v) is 9.97. The van der Waals surface area contributed by atoms with E-state index in [2.05, 4.69) is 45.2 Å². The van der Waals surface area contributed by atoms with Crippen molar-refractivity contribution in [2.75, 3.05) is 0 Å². The summed E-state index contributed by atoms with van der Waals surface area (Å²) < 4.78 is 1.68. The van der Waals surface area contributed by atoms with Gasteiger partial charge < -0.3 is 0 Å². The van der Waals surface area contributed by atoms with Crippen molar-refractivity contribution in [1.29, 1.82) is 0 Å². The van der Waals surface area contributed by atoms with E-state index in [1.54, 1.807) is 6.42 Å². The Morgan fingerprint density at radius 2 is 1.18 bits per heavy atom. The van der Waals surface area contributed by atoms with E-state index >= 15 is 0 Å². The van der Waals surface area contributed by atoms with Crippen LogP contribution in [0.5, 0.6) is 0 Å². The van der Waals surface area contributed by atoms with Gasteiger partial charge in [-0.05, 0) is 41.9 Å². The fourth-order valence-electron chi connectivity index (χ4n) is 5.50. The van der Waals surface area contributed by atoms with Gasteiger partial charge in [-0.25, -0.2) is 0 Å². The lowest BCUT2D eigenvalue weighted by atomic mass is 10.0. The third-order valence-electron chi connectivity index (χ3n) is 5.47. The number of halogens is 2. The van der Waals surface area contributed by atoms with E-state index in [1.807, 2.05) is 0 Å². The summed E-state index contributed by atoms with van der Waals surface area (Å²) in [6.07, 6.45) is 1.64. The van der Waals surface area contributed by atoms with Gasteiger partial charge in [-0.1, -0.05) is 45.2 Å². The Morgan fingerprint density at radius 3 is 1.36 bits per heavy atom. The summed E-state index contributed by atoms with van der Waals surface area (Å²) in [5.41, 5.74) is 0. The fraction of sp³-hybridized carbons (Fsp3) is 1.00. The normalized spacial score (nSPS) is 96.5. The van der Waals surface area contributed by atoms with E-state index in [4.69, 9.17) is 0 Å². The average Bonchev–Trinajstić information content (AvgIpc) is 2.66. The molecule has 0 aromatic carbocycles. The highest BCUT2D eigenvalue weighted by molar-refractivity contribution is 14.1. The predicted molar refractivity (Wildman–Crippen MR) is 59.1 cm³/mol. The van der Waals surface area contributed by atoms with Gasteiger partial charge in [0, 0.05) is 6.84 Å². The molecule has 4 unspecified atom stereocenters. The SMILES string of the molecule is IC12[C@@H]3C4CC([C@@H]31)[C@H]1[C@H]4C12I. The third kappa shape index (κ3) is 0.300. The van der Waals surface area contributed by atoms with Crippen molar-refractivity contribution in [2.24, 2.45) is 35.5 Å². The van der Waals surface area contributed by atoms with Crippen LogP contribution in [0.15, 0.2) is 0 Å². The van der Waals surface area contributed by atoms with Crippen molar-refractivity contribution in [1.82, 2.24) is 0 Å². The number of rotatable bonds is 0. The molecule has 11 heavy (non-hydrogen) atoms.